The van der Waals surface area contributed by atoms with Gasteiger partial charge >= 0.3 is 0 Å². The normalized spacial score (nSPS) is 14.9. The molecular formula is C25H19Si. The molecule has 3 aromatic rings. The van der Waals surface area contributed by atoms with Crippen LogP contribution in [0.1, 0.15) is 22.3 Å². The van der Waals surface area contributed by atoms with E-state index in [1.165, 1.54) is 45.4 Å². The van der Waals surface area contributed by atoms with Crippen molar-refractivity contribution in [3.8, 4) is 11.1 Å². The van der Waals surface area contributed by atoms with Gasteiger partial charge in [0.2, 0.25) is 0 Å². The molecule has 123 valence electrons. The summed E-state index contributed by atoms with van der Waals surface area (Å²) in [6.07, 6.45) is 6.70. The van der Waals surface area contributed by atoms with E-state index in [4.69, 9.17) is 0 Å². The van der Waals surface area contributed by atoms with Gasteiger partial charge in [0, 0.05) is 0 Å². The molecular weight excluding hydrogens is 328 g/mol. The minimum Gasteiger partial charge on any atom is -0.0770 e. The fourth-order valence-corrected chi connectivity index (χ4v) is 5.14. The van der Waals surface area contributed by atoms with Crippen molar-refractivity contribution in [2.45, 2.75) is 12.8 Å². The molecule has 6 rings (SSSR count). The minimum absolute atomic E-state index is 0.900. The molecule has 0 amide bonds. The molecule has 0 N–H and O–H groups in total. The predicted molar refractivity (Wildman–Crippen MR) is 113 cm³/mol. The zero-order valence-electron chi connectivity index (χ0n) is 14.6. The van der Waals surface area contributed by atoms with Crippen molar-refractivity contribution in [3.63, 3.8) is 0 Å². The van der Waals surface area contributed by atoms with E-state index in [-0.39, 0.29) is 0 Å². The molecule has 0 atom stereocenters. The zero-order chi connectivity index (χ0) is 17.3. The van der Waals surface area contributed by atoms with Crippen molar-refractivity contribution in [3.05, 3.63) is 113 Å². The zero-order valence-corrected chi connectivity index (χ0v) is 15.6. The van der Waals surface area contributed by atoms with Crippen LogP contribution in [0, 0.1) is 0 Å². The number of fused-ring (bicyclic) bond motifs is 6. The molecule has 1 radical (unpaired) electrons. The average Bonchev–Trinajstić information content (AvgIpc) is 3.27. The Morgan fingerprint density at radius 1 is 0.577 bits per heavy atom. The summed E-state index contributed by atoms with van der Waals surface area (Å²) in [5, 5.41) is 1.61. The standard InChI is InChI=1S/C13H10.C12H9Si/c1-3-7-12-10(5-1)9-11-6-2-4-8-13(11)12;1-2-5-10-9(4-1)8-12-11(10)6-3-7-13-12/h1-8H,9H2;1-7H,8H2. The summed E-state index contributed by atoms with van der Waals surface area (Å²) >= 11 is 0. The Bertz CT molecular complexity index is 1040. The minimum atomic E-state index is 0.900. The molecule has 0 nitrogen and oxygen atoms in total. The van der Waals surface area contributed by atoms with Gasteiger partial charge in [0.1, 0.15) is 0 Å². The summed E-state index contributed by atoms with van der Waals surface area (Å²) in [4.78, 5) is 0. The van der Waals surface area contributed by atoms with Crippen LogP contribution in [-0.2, 0) is 12.8 Å². The SMILES string of the molecule is C1=C[Si]=C2Cc3ccccc3C2=C1.c1ccc2c(c1)Cc1ccccc1-2. The van der Waals surface area contributed by atoms with Gasteiger partial charge in [-0.05, 0) is 51.8 Å². The molecule has 26 heavy (non-hydrogen) atoms. The van der Waals surface area contributed by atoms with E-state index in [1.807, 2.05) is 0 Å². The molecule has 0 bridgehead atoms. The van der Waals surface area contributed by atoms with Crippen LogP contribution in [0.25, 0.3) is 16.7 Å². The second-order valence-corrected chi connectivity index (χ2v) is 8.11. The van der Waals surface area contributed by atoms with Crippen molar-refractivity contribution < 1.29 is 0 Å². The first-order chi connectivity index (χ1) is 12.9. The highest BCUT2D eigenvalue weighted by Crippen LogP contribution is 2.35. The first-order valence-corrected chi connectivity index (χ1v) is 10.2. The molecule has 3 aromatic carbocycles. The topological polar surface area (TPSA) is 0 Å². The summed E-state index contributed by atoms with van der Waals surface area (Å²) in [5.41, 5.74) is 12.5. The molecule has 1 heteroatoms. The maximum atomic E-state index is 2.27. The lowest BCUT2D eigenvalue weighted by Gasteiger charge is -2.02. The molecule has 1 heterocycles. The van der Waals surface area contributed by atoms with Crippen molar-refractivity contribution >= 4 is 19.9 Å². The summed E-state index contributed by atoms with van der Waals surface area (Å²) in [7, 11) is 0.900. The van der Waals surface area contributed by atoms with Gasteiger partial charge in [0.25, 0.3) is 0 Å². The highest BCUT2D eigenvalue weighted by molar-refractivity contribution is 6.69. The van der Waals surface area contributed by atoms with Crippen molar-refractivity contribution in [1.29, 1.82) is 0 Å². The van der Waals surface area contributed by atoms with Crippen LogP contribution in [-0.4, -0.2) is 14.3 Å². The Morgan fingerprint density at radius 3 is 1.77 bits per heavy atom. The van der Waals surface area contributed by atoms with Gasteiger partial charge in [-0.3, -0.25) is 0 Å². The number of benzene rings is 3. The van der Waals surface area contributed by atoms with E-state index >= 15 is 0 Å². The number of allylic oxidation sites excluding steroid dienone is 3. The third kappa shape index (κ3) is 2.65. The lowest BCUT2D eigenvalue weighted by molar-refractivity contribution is 1.26. The van der Waals surface area contributed by atoms with Crippen LogP contribution in [0.2, 0.25) is 0 Å². The smallest absolute Gasteiger partial charge is 0.0554 e. The molecule has 0 unspecified atom stereocenters. The van der Waals surface area contributed by atoms with E-state index in [2.05, 4.69) is 90.6 Å². The molecule has 3 aliphatic rings. The highest BCUT2D eigenvalue weighted by Gasteiger charge is 2.20. The largest absolute Gasteiger partial charge is 0.0770 e. The predicted octanol–water partition coefficient (Wildman–Crippen LogP) is 5.29. The molecule has 0 fully saturated rings. The first-order valence-electron chi connectivity index (χ1n) is 9.14. The number of hydrogen-bond acceptors (Lipinski definition) is 0. The van der Waals surface area contributed by atoms with Gasteiger partial charge in [-0.1, -0.05) is 95.8 Å². The lowest BCUT2D eigenvalue weighted by Crippen LogP contribution is -2.03. The van der Waals surface area contributed by atoms with Gasteiger partial charge in [-0.25, -0.2) is 0 Å². The van der Waals surface area contributed by atoms with Crippen LogP contribution in [0.15, 0.2) is 90.6 Å². The van der Waals surface area contributed by atoms with Gasteiger partial charge in [0.15, 0.2) is 0 Å². The van der Waals surface area contributed by atoms with Crippen LogP contribution in [0.5, 0.6) is 0 Å². The number of rotatable bonds is 0. The average molecular weight is 348 g/mol. The van der Waals surface area contributed by atoms with E-state index in [9.17, 15) is 0 Å². The quantitative estimate of drug-likeness (QED) is 0.379. The van der Waals surface area contributed by atoms with Gasteiger partial charge in [0.05, 0.1) is 9.13 Å². The van der Waals surface area contributed by atoms with E-state index in [0.29, 0.717) is 0 Å². The van der Waals surface area contributed by atoms with E-state index in [1.54, 1.807) is 5.17 Å². The van der Waals surface area contributed by atoms with Gasteiger partial charge in [-0.2, -0.15) is 0 Å². The summed E-state index contributed by atoms with van der Waals surface area (Å²) < 4.78 is 0. The third-order valence-electron chi connectivity index (χ3n) is 5.32. The number of hydrogen-bond donors (Lipinski definition) is 0. The highest BCUT2D eigenvalue weighted by atomic mass is 28.2. The molecule has 0 aromatic heterocycles. The monoisotopic (exact) mass is 347 g/mol. The van der Waals surface area contributed by atoms with Crippen molar-refractivity contribution in [1.82, 2.24) is 0 Å². The Kier molecular flexibility index (Phi) is 3.87. The Morgan fingerprint density at radius 2 is 1.12 bits per heavy atom. The van der Waals surface area contributed by atoms with Gasteiger partial charge in [-0.15, -0.1) is 0 Å². The Balaban J connectivity index is 0.000000115. The van der Waals surface area contributed by atoms with Crippen LogP contribution >= 0.6 is 0 Å². The summed E-state index contributed by atoms with van der Waals surface area (Å²) in [5.74, 6) is 0. The maximum Gasteiger partial charge on any atom is 0.0554 e. The summed E-state index contributed by atoms with van der Waals surface area (Å²) in [6, 6.07) is 26.0. The summed E-state index contributed by atoms with van der Waals surface area (Å²) in [6.45, 7) is 0. The Labute approximate surface area is 157 Å². The second kappa shape index (κ2) is 6.51. The van der Waals surface area contributed by atoms with Crippen LogP contribution in [0.4, 0.5) is 0 Å². The molecule has 2 aliphatic carbocycles. The molecule has 0 spiro atoms. The fourth-order valence-electron chi connectivity index (χ4n) is 4.08. The Hall–Kier alpha value is -2.77. The van der Waals surface area contributed by atoms with E-state index < -0.39 is 0 Å². The van der Waals surface area contributed by atoms with E-state index in [0.717, 1.165) is 15.6 Å². The third-order valence-corrected chi connectivity index (χ3v) is 6.48. The lowest BCUT2D eigenvalue weighted by atomic mass is 10.1. The first kappa shape index (κ1) is 15.5. The van der Waals surface area contributed by atoms with Gasteiger partial charge < -0.3 is 0 Å². The molecule has 0 saturated heterocycles. The van der Waals surface area contributed by atoms with Crippen LogP contribution < -0.4 is 0 Å². The molecule has 0 saturated carbocycles. The van der Waals surface area contributed by atoms with Crippen molar-refractivity contribution in [2.24, 2.45) is 0 Å². The fraction of sp³-hybridized carbons (Fsp3) is 0.0800. The molecule has 1 aliphatic heterocycles. The second-order valence-electron chi connectivity index (χ2n) is 6.89. The maximum absolute atomic E-state index is 2.27. The van der Waals surface area contributed by atoms with Crippen LogP contribution in [0.3, 0.4) is 0 Å². The van der Waals surface area contributed by atoms with Crippen molar-refractivity contribution in [2.75, 3.05) is 0 Å².